The summed E-state index contributed by atoms with van der Waals surface area (Å²) in [5, 5.41) is 10.5. The number of carbonyl (C=O) groups is 1. The lowest BCUT2D eigenvalue weighted by atomic mass is 10.2. The Balaban J connectivity index is 3.90. The van der Waals surface area contributed by atoms with E-state index in [2.05, 4.69) is 0 Å². The normalized spacial score (nSPS) is 14.2. The van der Waals surface area contributed by atoms with Gasteiger partial charge >= 0.3 is 0 Å². The van der Waals surface area contributed by atoms with Crippen LogP contribution in [0.15, 0.2) is 0 Å². The van der Waals surface area contributed by atoms with Gasteiger partial charge in [0.25, 0.3) is 0 Å². The van der Waals surface area contributed by atoms with Crippen molar-refractivity contribution in [1.82, 2.24) is 0 Å². The fraction of sp³-hybridized carbons (Fsp3) is 0.889. The molecule has 0 radical (unpaired) electrons. The van der Waals surface area contributed by atoms with Crippen LogP contribution in [0.25, 0.3) is 0 Å². The second-order valence-electron chi connectivity index (χ2n) is 3.89. The Morgan fingerprint density at radius 1 is 1.46 bits per heavy atom. The fourth-order valence-electron chi connectivity index (χ4n) is 0.670. The first-order valence-corrected chi connectivity index (χ1v) is 4.42. The Labute approximate surface area is 78.8 Å². The smallest absolute Gasteiger partial charge is 0.132 e. The summed E-state index contributed by atoms with van der Waals surface area (Å²) >= 11 is 0. The summed E-state index contributed by atoms with van der Waals surface area (Å²) in [6.45, 7) is 7.22. The molecule has 1 unspecified atom stereocenters. The molecule has 0 fully saturated rings. The summed E-state index contributed by atoms with van der Waals surface area (Å²) in [5.41, 5.74) is -0.499. The van der Waals surface area contributed by atoms with Crippen LogP contribution in [0.5, 0.6) is 0 Å². The van der Waals surface area contributed by atoms with E-state index in [1.807, 2.05) is 6.92 Å². The fourth-order valence-corrected chi connectivity index (χ4v) is 0.670. The van der Waals surface area contributed by atoms with Crippen LogP contribution in [-0.2, 0) is 14.6 Å². The van der Waals surface area contributed by atoms with Crippen molar-refractivity contribution in [3.63, 3.8) is 0 Å². The number of carboxylic acid groups (broad SMARTS) is 1. The summed E-state index contributed by atoms with van der Waals surface area (Å²) in [6, 6.07) is 0. The molecule has 0 saturated heterocycles. The molecule has 0 N–H and O–H groups in total. The average Bonchev–Trinajstić information content (AvgIpc) is 1.95. The van der Waals surface area contributed by atoms with E-state index < -0.39 is 17.7 Å². The van der Waals surface area contributed by atoms with Gasteiger partial charge in [0, 0.05) is 0 Å². The lowest BCUT2D eigenvalue weighted by Crippen LogP contribution is -2.39. The van der Waals surface area contributed by atoms with Crippen molar-refractivity contribution in [3.8, 4) is 0 Å². The number of carbonyl (C=O) groups excluding carboxylic acids is 1. The minimum atomic E-state index is -1.23. The van der Waals surface area contributed by atoms with Crippen molar-refractivity contribution < 1.29 is 19.7 Å². The first-order valence-electron chi connectivity index (χ1n) is 4.42. The zero-order valence-corrected chi connectivity index (χ0v) is 8.62. The summed E-state index contributed by atoms with van der Waals surface area (Å²) < 4.78 is 0. The monoisotopic (exact) mass is 189 g/mol. The van der Waals surface area contributed by atoms with Crippen molar-refractivity contribution >= 4 is 5.97 Å². The molecular formula is C9H17O4-. The summed E-state index contributed by atoms with van der Waals surface area (Å²) in [7, 11) is 0. The highest BCUT2D eigenvalue weighted by molar-refractivity contribution is 5.69. The van der Waals surface area contributed by atoms with E-state index in [1.165, 1.54) is 0 Å². The van der Waals surface area contributed by atoms with E-state index in [4.69, 9.17) is 9.78 Å². The van der Waals surface area contributed by atoms with Crippen LogP contribution in [0.2, 0.25) is 0 Å². The predicted octanol–water partition coefficient (Wildman–Crippen LogP) is 0.652. The second kappa shape index (κ2) is 5.19. The molecule has 0 aromatic carbocycles. The van der Waals surface area contributed by atoms with Gasteiger partial charge in [0.05, 0.1) is 11.6 Å². The molecule has 0 saturated carbocycles. The van der Waals surface area contributed by atoms with Gasteiger partial charge in [0.1, 0.15) is 6.10 Å². The SMILES string of the molecule is CCCC(OOC(C)(C)C)C(=O)[O-]. The molecule has 0 aliphatic heterocycles. The van der Waals surface area contributed by atoms with Gasteiger partial charge in [-0.1, -0.05) is 13.3 Å². The summed E-state index contributed by atoms with van der Waals surface area (Å²) in [5.74, 6) is -1.23. The third kappa shape index (κ3) is 6.54. The topological polar surface area (TPSA) is 58.6 Å². The van der Waals surface area contributed by atoms with Crippen molar-refractivity contribution in [3.05, 3.63) is 0 Å². The van der Waals surface area contributed by atoms with E-state index in [-0.39, 0.29) is 0 Å². The third-order valence-corrected chi connectivity index (χ3v) is 1.23. The zero-order valence-electron chi connectivity index (χ0n) is 8.62. The average molecular weight is 189 g/mol. The van der Waals surface area contributed by atoms with Crippen LogP contribution in [0.1, 0.15) is 40.5 Å². The van der Waals surface area contributed by atoms with Gasteiger partial charge in [-0.2, -0.15) is 0 Å². The molecule has 0 amide bonds. The standard InChI is InChI=1S/C9H18O4/c1-5-6-7(8(10)11)12-13-9(2,3)4/h7H,5-6H2,1-4H3,(H,10,11)/p-1. The Kier molecular flexibility index (Phi) is 4.95. The zero-order chi connectivity index (χ0) is 10.5. The van der Waals surface area contributed by atoms with Gasteiger partial charge < -0.3 is 9.90 Å². The Hall–Kier alpha value is -0.610. The van der Waals surface area contributed by atoms with E-state index >= 15 is 0 Å². The van der Waals surface area contributed by atoms with Crippen LogP contribution in [0.4, 0.5) is 0 Å². The number of aliphatic carboxylic acids is 1. The summed E-state index contributed by atoms with van der Waals surface area (Å²) in [6.07, 6.45) is 0.147. The number of hydrogen-bond donors (Lipinski definition) is 0. The molecule has 0 rings (SSSR count). The van der Waals surface area contributed by atoms with Gasteiger partial charge in [-0.3, -0.25) is 0 Å². The first-order chi connectivity index (χ1) is 5.87. The third-order valence-electron chi connectivity index (χ3n) is 1.23. The molecule has 78 valence electrons. The maximum Gasteiger partial charge on any atom is 0.132 e. The highest BCUT2D eigenvalue weighted by atomic mass is 17.2. The molecule has 0 spiro atoms. The molecular weight excluding hydrogens is 172 g/mol. The maximum atomic E-state index is 10.5. The maximum absolute atomic E-state index is 10.5. The van der Waals surface area contributed by atoms with Gasteiger partial charge in [0.2, 0.25) is 0 Å². The molecule has 0 heterocycles. The molecule has 4 nitrogen and oxygen atoms in total. The highest BCUT2D eigenvalue weighted by Crippen LogP contribution is 2.11. The Bertz CT molecular complexity index is 159. The van der Waals surface area contributed by atoms with Crippen molar-refractivity contribution in [1.29, 1.82) is 0 Å². The number of rotatable bonds is 5. The lowest BCUT2D eigenvalue weighted by molar-refractivity contribution is -0.392. The van der Waals surface area contributed by atoms with Crippen LogP contribution in [-0.4, -0.2) is 17.7 Å². The first kappa shape index (κ1) is 12.4. The summed E-state index contributed by atoms with van der Waals surface area (Å²) in [4.78, 5) is 20.1. The van der Waals surface area contributed by atoms with Gasteiger partial charge in [-0.25, -0.2) is 9.78 Å². The number of hydrogen-bond acceptors (Lipinski definition) is 4. The largest absolute Gasteiger partial charge is 0.547 e. The number of carboxylic acids is 1. The van der Waals surface area contributed by atoms with Crippen LogP contribution < -0.4 is 5.11 Å². The van der Waals surface area contributed by atoms with Gasteiger partial charge in [0.15, 0.2) is 0 Å². The predicted molar refractivity (Wildman–Crippen MR) is 45.6 cm³/mol. The van der Waals surface area contributed by atoms with Crippen LogP contribution in [0.3, 0.4) is 0 Å². The van der Waals surface area contributed by atoms with Crippen LogP contribution >= 0.6 is 0 Å². The van der Waals surface area contributed by atoms with Crippen molar-refractivity contribution in [2.45, 2.75) is 52.2 Å². The Morgan fingerprint density at radius 2 is 2.00 bits per heavy atom. The van der Waals surface area contributed by atoms with Crippen molar-refractivity contribution in [2.24, 2.45) is 0 Å². The molecule has 0 aliphatic carbocycles. The molecule has 13 heavy (non-hydrogen) atoms. The second-order valence-corrected chi connectivity index (χ2v) is 3.89. The highest BCUT2D eigenvalue weighted by Gasteiger charge is 2.17. The molecule has 0 aromatic heterocycles. The van der Waals surface area contributed by atoms with Crippen LogP contribution in [0, 0.1) is 0 Å². The molecule has 0 aliphatic rings. The molecule has 4 heteroatoms. The molecule has 1 atom stereocenters. The Morgan fingerprint density at radius 3 is 2.31 bits per heavy atom. The quantitative estimate of drug-likeness (QED) is 0.470. The molecule has 0 bridgehead atoms. The van der Waals surface area contributed by atoms with E-state index in [9.17, 15) is 9.90 Å². The lowest BCUT2D eigenvalue weighted by Gasteiger charge is -2.23. The van der Waals surface area contributed by atoms with E-state index in [1.54, 1.807) is 20.8 Å². The van der Waals surface area contributed by atoms with Gasteiger partial charge in [-0.15, -0.1) is 0 Å². The minimum Gasteiger partial charge on any atom is -0.547 e. The van der Waals surface area contributed by atoms with E-state index in [0.717, 1.165) is 0 Å². The molecule has 0 aromatic rings. The minimum absolute atomic E-state index is 0.401. The van der Waals surface area contributed by atoms with E-state index in [0.29, 0.717) is 12.8 Å². The van der Waals surface area contributed by atoms with Gasteiger partial charge in [-0.05, 0) is 27.2 Å². The van der Waals surface area contributed by atoms with Crippen molar-refractivity contribution in [2.75, 3.05) is 0 Å².